The van der Waals surface area contributed by atoms with Gasteiger partial charge in [0.25, 0.3) is 5.91 Å². The molecule has 0 bridgehead atoms. The first-order valence-corrected chi connectivity index (χ1v) is 10.6. The van der Waals surface area contributed by atoms with Crippen LogP contribution in [0, 0.1) is 5.82 Å². The Labute approximate surface area is 202 Å². The average molecular weight is 497 g/mol. The Kier molecular flexibility index (Phi) is 6.86. The number of halogens is 4. The Morgan fingerprint density at radius 3 is 2.58 bits per heavy atom. The maximum absolute atomic E-state index is 13.3. The summed E-state index contributed by atoms with van der Waals surface area (Å²) < 4.78 is 56.7. The summed E-state index contributed by atoms with van der Waals surface area (Å²) in [6, 6.07) is 13.8. The van der Waals surface area contributed by atoms with E-state index in [4.69, 9.17) is 4.74 Å². The van der Waals surface area contributed by atoms with Crippen molar-refractivity contribution >= 4 is 28.6 Å². The van der Waals surface area contributed by atoms with Crippen LogP contribution in [0.1, 0.15) is 11.1 Å². The van der Waals surface area contributed by atoms with Crippen molar-refractivity contribution in [2.75, 3.05) is 5.32 Å². The molecule has 0 unspecified atom stereocenters. The van der Waals surface area contributed by atoms with E-state index in [0.29, 0.717) is 33.3 Å². The number of anilines is 1. The summed E-state index contributed by atoms with van der Waals surface area (Å²) in [5.41, 5.74) is 1.54. The van der Waals surface area contributed by atoms with Crippen LogP contribution in [0.3, 0.4) is 0 Å². The summed E-state index contributed by atoms with van der Waals surface area (Å²) in [5, 5.41) is 2.86. The Hall–Kier alpha value is -4.47. The number of nitrogens with zero attached hydrogens (tertiary/aromatic N) is 1. The fraction of sp³-hybridized carbons (Fsp3) is 0.115. The number of benzene rings is 2. The molecule has 0 aliphatic carbocycles. The number of carbonyl (C=O) groups is 2. The number of fused-ring (bicyclic) bond motifs is 1. The highest BCUT2D eigenvalue weighted by molar-refractivity contribution is 6.04. The second kappa shape index (κ2) is 10.0. The predicted molar refractivity (Wildman–Crippen MR) is 125 cm³/mol. The number of ether oxygens (including phenoxy) is 1. The van der Waals surface area contributed by atoms with E-state index in [1.54, 1.807) is 30.5 Å². The molecular weight excluding hydrogens is 478 g/mol. The molecule has 0 aliphatic heterocycles. The van der Waals surface area contributed by atoms with Crippen LogP contribution in [0.2, 0.25) is 0 Å². The summed E-state index contributed by atoms with van der Waals surface area (Å²) in [4.78, 5) is 31.5. The van der Waals surface area contributed by atoms with Gasteiger partial charge >= 0.3 is 12.1 Å². The second-order valence-electron chi connectivity index (χ2n) is 7.92. The van der Waals surface area contributed by atoms with Crippen LogP contribution in [0.4, 0.5) is 23.2 Å². The van der Waals surface area contributed by atoms with Crippen molar-refractivity contribution in [3.8, 4) is 11.1 Å². The van der Waals surface area contributed by atoms with Crippen molar-refractivity contribution in [1.29, 1.82) is 0 Å². The normalized spacial score (nSPS) is 11.3. The molecule has 2 aromatic carbocycles. The molecule has 0 atom stereocenters. The summed E-state index contributed by atoms with van der Waals surface area (Å²) in [6.45, 7) is 2.73. The van der Waals surface area contributed by atoms with E-state index in [2.05, 4.69) is 21.9 Å². The summed E-state index contributed by atoms with van der Waals surface area (Å²) in [5.74, 6) is -2.29. The third-order valence-corrected chi connectivity index (χ3v) is 5.27. The minimum Gasteiger partial charge on any atom is -0.461 e. The van der Waals surface area contributed by atoms with Crippen LogP contribution in [0.25, 0.3) is 22.2 Å². The smallest absolute Gasteiger partial charge is 0.421 e. The Morgan fingerprint density at radius 2 is 1.83 bits per heavy atom. The quantitative estimate of drug-likeness (QED) is 0.195. The average Bonchev–Trinajstić information content (AvgIpc) is 3.25. The zero-order valence-electron chi connectivity index (χ0n) is 18.7. The van der Waals surface area contributed by atoms with Crippen molar-refractivity contribution in [1.82, 2.24) is 9.97 Å². The number of esters is 1. The summed E-state index contributed by atoms with van der Waals surface area (Å²) in [7, 11) is 0. The van der Waals surface area contributed by atoms with E-state index in [9.17, 15) is 27.2 Å². The molecule has 0 saturated heterocycles. The lowest BCUT2D eigenvalue weighted by Crippen LogP contribution is -2.24. The van der Waals surface area contributed by atoms with E-state index in [1.807, 2.05) is 0 Å². The van der Waals surface area contributed by atoms with E-state index in [-0.39, 0.29) is 18.7 Å². The zero-order valence-corrected chi connectivity index (χ0v) is 18.7. The molecule has 0 spiro atoms. The minimum absolute atomic E-state index is 0.0685. The van der Waals surface area contributed by atoms with Gasteiger partial charge in [0.1, 0.15) is 23.6 Å². The van der Waals surface area contributed by atoms with Crippen LogP contribution in [-0.4, -0.2) is 28.0 Å². The highest BCUT2D eigenvalue weighted by Crippen LogP contribution is 2.31. The number of hydrogen-bond acceptors (Lipinski definition) is 4. The van der Waals surface area contributed by atoms with E-state index >= 15 is 0 Å². The maximum Gasteiger partial charge on any atom is 0.421 e. The Morgan fingerprint density at radius 1 is 1.06 bits per heavy atom. The number of aromatic amines is 1. The van der Waals surface area contributed by atoms with E-state index in [0.717, 1.165) is 0 Å². The van der Waals surface area contributed by atoms with Gasteiger partial charge in [-0.2, -0.15) is 13.2 Å². The molecule has 2 N–H and O–H groups in total. The predicted octanol–water partition coefficient (Wildman–Crippen LogP) is 5.71. The molecule has 0 radical (unpaired) electrons. The molecule has 1 amide bonds. The number of hydrogen-bond donors (Lipinski definition) is 2. The lowest BCUT2D eigenvalue weighted by atomic mass is 10.0. The van der Waals surface area contributed by atoms with Gasteiger partial charge in [-0.25, -0.2) is 9.37 Å². The maximum atomic E-state index is 13.3. The van der Waals surface area contributed by atoms with Gasteiger partial charge in [0.15, 0.2) is 0 Å². The number of amides is 1. The molecule has 184 valence electrons. The SMILES string of the molecule is C=C(C(=O)Nc1cccc(-c2c[nH]c3ncc(CC(=O)OCc4cccc(F)c4)cc23)c1)C(F)(F)F. The van der Waals surface area contributed by atoms with Crippen LogP contribution in [0.15, 0.2) is 79.1 Å². The largest absolute Gasteiger partial charge is 0.461 e. The molecular formula is C26H19F4N3O3. The number of rotatable bonds is 7. The molecule has 4 aromatic rings. The molecule has 2 heterocycles. The fourth-order valence-electron chi connectivity index (χ4n) is 3.49. The molecule has 0 saturated carbocycles. The fourth-order valence-corrected chi connectivity index (χ4v) is 3.49. The van der Waals surface area contributed by atoms with Gasteiger partial charge in [-0.1, -0.05) is 30.8 Å². The molecule has 36 heavy (non-hydrogen) atoms. The lowest BCUT2D eigenvalue weighted by molar-refractivity contribution is -0.144. The lowest BCUT2D eigenvalue weighted by Gasteiger charge is -2.11. The minimum atomic E-state index is -4.83. The number of alkyl halides is 3. The van der Waals surface area contributed by atoms with E-state index < -0.39 is 29.4 Å². The number of carbonyl (C=O) groups excluding carboxylic acids is 2. The number of H-pyrrole nitrogens is 1. The molecule has 6 nitrogen and oxygen atoms in total. The molecule has 0 fully saturated rings. The highest BCUT2D eigenvalue weighted by Gasteiger charge is 2.36. The van der Waals surface area contributed by atoms with Gasteiger partial charge in [-0.3, -0.25) is 9.59 Å². The number of pyridine rings is 1. The highest BCUT2D eigenvalue weighted by atomic mass is 19.4. The first-order chi connectivity index (χ1) is 17.1. The monoisotopic (exact) mass is 497 g/mol. The van der Waals surface area contributed by atoms with Crippen LogP contribution in [0.5, 0.6) is 0 Å². The first kappa shape index (κ1) is 24.6. The van der Waals surface area contributed by atoms with Crippen LogP contribution < -0.4 is 5.32 Å². The molecule has 2 aromatic heterocycles. The van der Waals surface area contributed by atoms with Gasteiger partial charge in [-0.15, -0.1) is 0 Å². The topological polar surface area (TPSA) is 84.1 Å². The summed E-state index contributed by atoms with van der Waals surface area (Å²) in [6.07, 6.45) is -1.72. The van der Waals surface area contributed by atoms with Gasteiger partial charge in [0.05, 0.1) is 6.42 Å². The van der Waals surface area contributed by atoms with Crippen molar-refractivity contribution in [2.45, 2.75) is 19.2 Å². The first-order valence-electron chi connectivity index (χ1n) is 10.6. The van der Waals surface area contributed by atoms with E-state index in [1.165, 1.54) is 36.5 Å². The number of aromatic nitrogens is 2. The van der Waals surface area contributed by atoms with Crippen molar-refractivity contribution < 1.29 is 31.9 Å². The van der Waals surface area contributed by atoms with Crippen LogP contribution >= 0.6 is 0 Å². The summed E-state index contributed by atoms with van der Waals surface area (Å²) >= 11 is 0. The number of nitrogens with one attached hydrogen (secondary N) is 2. The van der Waals surface area contributed by atoms with Crippen molar-refractivity contribution in [3.63, 3.8) is 0 Å². The molecule has 4 rings (SSSR count). The van der Waals surface area contributed by atoms with Gasteiger partial charge in [-0.05, 0) is 47.0 Å². The van der Waals surface area contributed by atoms with Crippen molar-refractivity contribution in [2.24, 2.45) is 0 Å². The Bertz CT molecular complexity index is 1460. The third kappa shape index (κ3) is 5.77. The molecule has 10 heteroatoms. The Balaban J connectivity index is 1.50. The van der Waals surface area contributed by atoms with Crippen molar-refractivity contribution in [3.05, 3.63) is 96.1 Å². The molecule has 0 aliphatic rings. The van der Waals surface area contributed by atoms with Gasteiger partial charge < -0.3 is 15.0 Å². The third-order valence-electron chi connectivity index (χ3n) is 5.27. The second-order valence-corrected chi connectivity index (χ2v) is 7.92. The zero-order chi connectivity index (χ0) is 25.9. The standard InChI is InChI=1S/C26H19F4N3O3/c1-15(26(28,29)30)25(35)33-20-7-3-5-18(11-20)22-13-32-24-21(22)9-17(12-31-24)10-23(34)36-14-16-4-2-6-19(27)8-16/h2-9,11-13H,1,10,14H2,(H,31,32)(H,33,35). The van der Waals surface area contributed by atoms with Crippen LogP contribution in [-0.2, 0) is 27.4 Å². The van der Waals surface area contributed by atoms with Gasteiger partial charge in [0.2, 0.25) is 0 Å². The van der Waals surface area contributed by atoms with Gasteiger partial charge in [0, 0.05) is 29.0 Å².